The van der Waals surface area contributed by atoms with Gasteiger partial charge in [-0.3, -0.25) is 10.2 Å². The zero-order valence-corrected chi connectivity index (χ0v) is 21.6. The van der Waals surface area contributed by atoms with Crippen molar-refractivity contribution in [3.8, 4) is 5.75 Å². The molecule has 11 heteroatoms. The molecule has 0 spiro atoms. The molecule has 0 bridgehead atoms. The number of carbonyl (C=O) groups excluding carboxylic acids is 1. The van der Waals surface area contributed by atoms with Crippen molar-refractivity contribution < 1.29 is 14.3 Å². The number of nitrogens with two attached hydrogens (primary N) is 1. The smallest absolute Gasteiger partial charge is 0.413 e. The number of hydrogen-bond acceptors (Lipinski definition) is 9. The van der Waals surface area contributed by atoms with E-state index in [-0.39, 0.29) is 5.95 Å². The molecule has 1 amide bonds. The van der Waals surface area contributed by atoms with Gasteiger partial charge in [0, 0.05) is 24.7 Å². The molecule has 1 saturated carbocycles. The van der Waals surface area contributed by atoms with Crippen LogP contribution in [-0.2, 0) is 17.8 Å². The Morgan fingerprint density at radius 1 is 1.19 bits per heavy atom. The molecule has 0 aliphatic heterocycles. The van der Waals surface area contributed by atoms with Crippen LogP contribution in [0.3, 0.4) is 0 Å². The summed E-state index contributed by atoms with van der Waals surface area (Å²) in [6.45, 7) is 7.63. The molecule has 1 aromatic carbocycles. The Morgan fingerprint density at radius 3 is 2.68 bits per heavy atom. The number of anilines is 2. The van der Waals surface area contributed by atoms with Crippen molar-refractivity contribution in [1.29, 1.82) is 0 Å². The zero-order valence-electron chi connectivity index (χ0n) is 21.6. The fourth-order valence-corrected chi connectivity index (χ4v) is 4.21. The Kier molecular flexibility index (Phi) is 6.55. The number of nitrogens with one attached hydrogen (secondary N) is 1. The molecule has 1 fully saturated rings. The van der Waals surface area contributed by atoms with E-state index in [0.717, 1.165) is 17.5 Å². The molecule has 0 saturated heterocycles. The Hall–Kier alpha value is -3.99. The van der Waals surface area contributed by atoms with Crippen LogP contribution < -0.4 is 15.8 Å². The fourth-order valence-electron chi connectivity index (χ4n) is 4.21. The van der Waals surface area contributed by atoms with E-state index in [4.69, 9.17) is 20.2 Å². The maximum Gasteiger partial charge on any atom is 0.413 e. The van der Waals surface area contributed by atoms with E-state index < -0.39 is 11.7 Å². The van der Waals surface area contributed by atoms with Crippen molar-refractivity contribution in [2.24, 2.45) is 5.92 Å². The third-order valence-electron chi connectivity index (χ3n) is 5.99. The summed E-state index contributed by atoms with van der Waals surface area (Å²) in [6, 6.07) is 9.43. The molecule has 194 valence electrons. The molecule has 0 atom stereocenters. The highest BCUT2D eigenvalue weighted by Crippen LogP contribution is 2.31. The molecule has 4 aromatic rings. The average molecular weight is 505 g/mol. The van der Waals surface area contributed by atoms with Crippen LogP contribution in [0.25, 0.3) is 16.6 Å². The SMILES string of the molecule is COc1cccc2c1nc(N)n1nc(CN(Cc3ccc(NC(=O)OC(C)(C)C)nc3)CC3CC3)nc21. The number of methoxy groups -OCH3 is 1. The maximum atomic E-state index is 12.0. The lowest BCUT2D eigenvalue weighted by molar-refractivity contribution is 0.0635. The highest BCUT2D eigenvalue weighted by Gasteiger charge is 2.26. The third-order valence-corrected chi connectivity index (χ3v) is 5.99. The first-order chi connectivity index (χ1) is 17.7. The number of para-hydroxylation sites is 1. The van der Waals surface area contributed by atoms with E-state index in [1.807, 2.05) is 45.0 Å². The van der Waals surface area contributed by atoms with Crippen LogP contribution in [0.15, 0.2) is 36.5 Å². The standard InChI is InChI=1S/C26H32N8O3/c1-26(2,3)37-25(35)30-20-11-10-17(12-28-20)14-33(13-16-8-9-16)15-21-29-23-18-6-5-7-19(36-4)22(18)31-24(27)34(23)32-21/h5-7,10-12,16H,8-9,13-15H2,1-4H3,(H2,27,31)(H,28,30,35). The third kappa shape index (κ3) is 5.88. The molecule has 1 aliphatic carbocycles. The topological polar surface area (TPSA) is 133 Å². The molecule has 3 aromatic heterocycles. The number of ether oxygens (including phenoxy) is 2. The highest BCUT2D eigenvalue weighted by atomic mass is 16.6. The number of rotatable bonds is 8. The molecular formula is C26H32N8O3. The summed E-state index contributed by atoms with van der Waals surface area (Å²) in [5.41, 5.74) is 7.99. The van der Waals surface area contributed by atoms with Gasteiger partial charge in [0.15, 0.2) is 11.5 Å². The van der Waals surface area contributed by atoms with Gasteiger partial charge in [-0.1, -0.05) is 12.1 Å². The summed E-state index contributed by atoms with van der Waals surface area (Å²) in [5.74, 6) is 2.69. The number of benzene rings is 1. The first-order valence-corrected chi connectivity index (χ1v) is 12.3. The monoisotopic (exact) mass is 504 g/mol. The molecule has 0 radical (unpaired) electrons. The van der Waals surface area contributed by atoms with E-state index >= 15 is 0 Å². The summed E-state index contributed by atoms with van der Waals surface area (Å²) in [4.78, 5) is 28.0. The van der Waals surface area contributed by atoms with Crippen LogP contribution >= 0.6 is 0 Å². The normalized spacial score (nSPS) is 13.9. The highest BCUT2D eigenvalue weighted by molar-refractivity contribution is 5.95. The first kappa shape index (κ1) is 24.7. The van der Waals surface area contributed by atoms with Crippen molar-refractivity contribution >= 4 is 34.4 Å². The Labute approximate surface area is 215 Å². The minimum Gasteiger partial charge on any atom is -0.494 e. The Bertz CT molecular complexity index is 1420. The first-order valence-electron chi connectivity index (χ1n) is 12.3. The predicted octanol–water partition coefficient (Wildman–Crippen LogP) is 4.02. The van der Waals surface area contributed by atoms with E-state index in [1.165, 1.54) is 12.8 Å². The van der Waals surface area contributed by atoms with Crippen molar-refractivity contribution in [3.05, 3.63) is 47.9 Å². The lowest BCUT2D eigenvalue weighted by Crippen LogP contribution is -2.27. The van der Waals surface area contributed by atoms with Gasteiger partial charge in [0.2, 0.25) is 5.95 Å². The number of fused-ring (bicyclic) bond motifs is 3. The van der Waals surface area contributed by atoms with Gasteiger partial charge in [-0.2, -0.15) is 4.52 Å². The number of nitrogen functional groups attached to an aromatic ring is 1. The molecule has 0 unspecified atom stereocenters. The largest absolute Gasteiger partial charge is 0.494 e. The summed E-state index contributed by atoms with van der Waals surface area (Å²) in [6.07, 6.45) is 3.70. The van der Waals surface area contributed by atoms with Gasteiger partial charge in [0.05, 0.1) is 13.7 Å². The maximum absolute atomic E-state index is 12.0. The van der Waals surface area contributed by atoms with E-state index in [9.17, 15) is 4.79 Å². The van der Waals surface area contributed by atoms with Crippen LogP contribution in [0, 0.1) is 5.92 Å². The number of pyridine rings is 1. The Balaban J connectivity index is 1.34. The summed E-state index contributed by atoms with van der Waals surface area (Å²) in [5, 5.41) is 8.16. The van der Waals surface area contributed by atoms with Crippen molar-refractivity contribution in [2.75, 3.05) is 24.7 Å². The number of aromatic nitrogens is 5. The van der Waals surface area contributed by atoms with E-state index in [0.29, 0.717) is 47.6 Å². The quantitative estimate of drug-likeness (QED) is 0.365. The van der Waals surface area contributed by atoms with Crippen LogP contribution in [0.2, 0.25) is 0 Å². The average Bonchev–Trinajstić information content (AvgIpc) is 3.54. The van der Waals surface area contributed by atoms with Gasteiger partial charge >= 0.3 is 6.09 Å². The molecule has 37 heavy (non-hydrogen) atoms. The van der Waals surface area contributed by atoms with Crippen molar-refractivity contribution in [3.63, 3.8) is 0 Å². The number of nitrogens with zero attached hydrogens (tertiary/aromatic N) is 6. The summed E-state index contributed by atoms with van der Waals surface area (Å²) in [7, 11) is 1.61. The number of amides is 1. The molecule has 11 nitrogen and oxygen atoms in total. The molecule has 1 aliphatic rings. The van der Waals surface area contributed by atoms with Crippen LogP contribution in [0.1, 0.15) is 45.0 Å². The van der Waals surface area contributed by atoms with Crippen LogP contribution in [0.5, 0.6) is 5.75 Å². The molecule has 5 rings (SSSR count). The van der Waals surface area contributed by atoms with Gasteiger partial charge in [0.1, 0.15) is 22.7 Å². The lowest BCUT2D eigenvalue weighted by atomic mass is 10.2. The summed E-state index contributed by atoms with van der Waals surface area (Å²) < 4.78 is 12.3. The van der Waals surface area contributed by atoms with Gasteiger partial charge < -0.3 is 15.2 Å². The minimum absolute atomic E-state index is 0.261. The molecular weight excluding hydrogens is 472 g/mol. The second-order valence-electron chi connectivity index (χ2n) is 10.4. The van der Waals surface area contributed by atoms with Gasteiger partial charge in [-0.05, 0) is 63.3 Å². The number of hydrogen-bond donors (Lipinski definition) is 2. The second kappa shape index (κ2) is 9.81. The lowest BCUT2D eigenvalue weighted by Gasteiger charge is -2.21. The van der Waals surface area contributed by atoms with Crippen LogP contribution in [0.4, 0.5) is 16.6 Å². The van der Waals surface area contributed by atoms with E-state index in [2.05, 4.69) is 25.3 Å². The zero-order chi connectivity index (χ0) is 26.2. The Morgan fingerprint density at radius 2 is 2.00 bits per heavy atom. The van der Waals surface area contributed by atoms with Gasteiger partial charge in [0.25, 0.3) is 0 Å². The van der Waals surface area contributed by atoms with Gasteiger partial charge in [-0.15, -0.1) is 5.10 Å². The predicted molar refractivity (Wildman–Crippen MR) is 140 cm³/mol. The van der Waals surface area contributed by atoms with Gasteiger partial charge in [-0.25, -0.2) is 19.7 Å². The second-order valence-corrected chi connectivity index (χ2v) is 10.4. The van der Waals surface area contributed by atoms with Crippen LogP contribution in [-0.4, -0.2) is 54.8 Å². The molecule has 3 N–H and O–H groups in total. The number of carbonyl (C=O) groups is 1. The van der Waals surface area contributed by atoms with E-state index in [1.54, 1.807) is 23.9 Å². The summed E-state index contributed by atoms with van der Waals surface area (Å²) >= 11 is 0. The molecule has 3 heterocycles. The minimum atomic E-state index is -0.571. The fraction of sp³-hybridized carbons (Fsp3) is 0.423. The van der Waals surface area contributed by atoms with Crippen molar-refractivity contribution in [1.82, 2.24) is 29.5 Å². The van der Waals surface area contributed by atoms with Crippen molar-refractivity contribution in [2.45, 2.75) is 52.3 Å².